The largest absolute Gasteiger partial charge is 0.426 e. The Morgan fingerprint density at radius 3 is 2.21 bits per heavy atom. The van der Waals surface area contributed by atoms with Crippen molar-refractivity contribution in [2.24, 2.45) is 17.8 Å². The lowest BCUT2D eigenvalue weighted by molar-refractivity contribution is 0.0810. The van der Waals surface area contributed by atoms with E-state index in [0.29, 0.717) is 17.0 Å². The van der Waals surface area contributed by atoms with Crippen molar-refractivity contribution < 1.29 is 9.21 Å². The van der Waals surface area contributed by atoms with Crippen molar-refractivity contribution in [3.8, 4) is 0 Å². The van der Waals surface area contributed by atoms with Crippen LogP contribution in [0.4, 0.5) is 0 Å². The highest BCUT2D eigenvalue weighted by atomic mass is 16.4. The lowest BCUT2D eigenvalue weighted by atomic mass is 9.92. The van der Waals surface area contributed by atoms with Crippen LogP contribution in [-0.4, -0.2) is 10.5 Å². The van der Waals surface area contributed by atoms with Crippen molar-refractivity contribution in [1.82, 2.24) is 4.57 Å². The summed E-state index contributed by atoms with van der Waals surface area (Å²) in [6, 6.07) is 12.9. The van der Waals surface area contributed by atoms with Crippen LogP contribution >= 0.6 is 0 Å². The second kappa shape index (κ2) is 6.31. The highest BCUT2D eigenvalue weighted by molar-refractivity contribution is 5.93. The van der Waals surface area contributed by atoms with Crippen LogP contribution < -0.4 is 5.76 Å². The standard InChI is InChI=1S/C25H23NO3/c27-24(21-14-17-7-10-20(21)13-17)26-22-18-8-5-15-1-3-16(4-2-15)6-9-19(12-11-18)23(22)29-25(26)28/h1-4,7,10-12,17,20-21H,5-6,8-9,13-14H2/t17-,20+,21-/m0/s1. The van der Waals surface area contributed by atoms with Gasteiger partial charge in [-0.15, -0.1) is 0 Å². The van der Waals surface area contributed by atoms with E-state index in [-0.39, 0.29) is 17.7 Å². The number of oxazole rings is 1. The zero-order chi connectivity index (χ0) is 19.5. The van der Waals surface area contributed by atoms with Gasteiger partial charge in [0.2, 0.25) is 5.91 Å². The van der Waals surface area contributed by atoms with E-state index in [2.05, 4.69) is 48.6 Å². The normalized spacial score (nSPS) is 24.9. The first kappa shape index (κ1) is 17.0. The molecule has 2 aromatic carbocycles. The van der Waals surface area contributed by atoms with Gasteiger partial charge in [0.25, 0.3) is 0 Å². The second-order valence-electron chi connectivity index (χ2n) is 8.81. The summed E-state index contributed by atoms with van der Waals surface area (Å²) in [6.07, 6.45) is 9.58. The molecule has 0 saturated heterocycles. The summed E-state index contributed by atoms with van der Waals surface area (Å²) in [6.45, 7) is 0. The average molecular weight is 385 g/mol. The summed E-state index contributed by atoms with van der Waals surface area (Å²) in [5, 5.41) is 0. The van der Waals surface area contributed by atoms with Gasteiger partial charge < -0.3 is 4.42 Å². The molecule has 0 radical (unpaired) electrons. The van der Waals surface area contributed by atoms with E-state index in [4.69, 9.17) is 4.42 Å². The Hall–Kier alpha value is -2.88. The summed E-state index contributed by atoms with van der Waals surface area (Å²) in [4.78, 5) is 26.3. The third-order valence-corrected chi connectivity index (χ3v) is 7.10. The molecule has 1 fully saturated rings. The Morgan fingerprint density at radius 2 is 1.55 bits per heavy atom. The number of hydrogen-bond acceptors (Lipinski definition) is 3. The first-order valence-corrected chi connectivity index (χ1v) is 10.6. The smallest absolute Gasteiger partial charge is 0.407 e. The van der Waals surface area contributed by atoms with Gasteiger partial charge in [0.15, 0.2) is 5.58 Å². The fourth-order valence-corrected chi connectivity index (χ4v) is 5.50. The number of nitrogens with zero attached hydrogens (tertiary/aromatic N) is 1. The van der Waals surface area contributed by atoms with Gasteiger partial charge in [-0.25, -0.2) is 9.36 Å². The monoisotopic (exact) mass is 385 g/mol. The van der Waals surface area contributed by atoms with Gasteiger partial charge in [0, 0.05) is 5.92 Å². The Bertz CT molecular complexity index is 1210. The molecule has 0 N–H and O–H groups in total. The van der Waals surface area contributed by atoms with Crippen LogP contribution in [-0.2, 0) is 25.7 Å². The maximum atomic E-state index is 13.5. The van der Waals surface area contributed by atoms with Crippen molar-refractivity contribution in [3.05, 3.63) is 81.4 Å². The van der Waals surface area contributed by atoms with Crippen LogP contribution in [0.15, 0.2) is 57.8 Å². The van der Waals surface area contributed by atoms with E-state index in [1.54, 1.807) is 0 Å². The molecular weight excluding hydrogens is 362 g/mol. The number of aromatic nitrogens is 1. The van der Waals surface area contributed by atoms with Crippen LogP contribution in [0.1, 0.15) is 39.9 Å². The van der Waals surface area contributed by atoms with Gasteiger partial charge in [-0.05, 0) is 72.6 Å². The summed E-state index contributed by atoms with van der Waals surface area (Å²) >= 11 is 0. The molecular formula is C25H23NO3. The molecule has 0 amide bonds. The number of rotatable bonds is 1. The lowest BCUT2D eigenvalue weighted by Crippen LogP contribution is -2.31. The maximum absolute atomic E-state index is 13.5. The van der Waals surface area contributed by atoms with Crippen molar-refractivity contribution in [3.63, 3.8) is 0 Å². The Balaban J connectivity index is 1.50. The number of allylic oxidation sites excluding steroid dienone is 2. The first-order valence-electron chi connectivity index (χ1n) is 10.6. The lowest BCUT2D eigenvalue weighted by Gasteiger charge is -2.17. The maximum Gasteiger partial charge on any atom is 0.426 e. The van der Waals surface area contributed by atoms with Gasteiger partial charge in [-0.1, -0.05) is 48.6 Å². The van der Waals surface area contributed by atoms with Crippen LogP contribution in [0.5, 0.6) is 0 Å². The molecule has 6 aliphatic rings. The first-order chi connectivity index (χ1) is 14.2. The Morgan fingerprint density at radius 1 is 0.862 bits per heavy atom. The molecule has 9 rings (SSSR count). The van der Waals surface area contributed by atoms with E-state index < -0.39 is 5.76 Å². The molecule has 4 nitrogen and oxygen atoms in total. The number of benzene rings is 2. The van der Waals surface area contributed by atoms with Crippen LogP contribution in [0.25, 0.3) is 11.1 Å². The minimum absolute atomic E-state index is 0.0839. The second-order valence-corrected chi connectivity index (χ2v) is 8.81. The zero-order valence-corrected chi connectivity index (χ0v) is 16.3. The molecule has 29 heavy (non-hydrogen) atoms. The molecule has 1 aromatic heterocycles. The predicted octanol–water partition coefficient (Wildman–Crippen LogP) is 4.33. The third-order valence-electron chi connectivity index (χ3n) is 7.10. The minimum Gasteiger partial charge on any atom is -0.407 e. The van der Waals surface area contributed by atoms with Crippen LogP contribution in [0, 0.1) is 17.8 Å². The summed E-state index contributed by atoms with van der Waals surface area (Å²) in [7, 11) is 0. The minimum atomic E-state index is -0.528. The molecule has 146 valence electrons. The average Bonchev–Trinajstić information content (AvgIpc) is 3.43. The quantitative estimate of drug-likeness (QED) is 0.586. The third kappa shape index (κ3) is 2.65. The van der Waals surface area contributed by atoms with Crippen molar-refractivity contribution in [1.29, 1.82) is 0 Å². The van der Waals surface area contributed by atoms with E-state index >= 15 is 0 Å². The molecule has 6 bridgehead atoms. The van der Waals surface area contributed by atoms with Crippen LogP contribution in [0.3, 0.4) is 0 Å². The molecule has 1 saturated carbocycles. The molecule has 0 aliphatic heterocycles. The van der Waals surface area contributed by atoms with E-state index in [1.165, 1.54) is 15.7 Å². The SMILES string of the molecule is O=C([C@H]1C[C@H]2C=C[C@@H]1C2)n1c(=O)oc2c3ccc(c21)CCc1ccc(cc1)CC3. The molecule has 4 heteroatoms. The van der Waals surface area contributed by atoms with Gasteiger partial charge in [-0.2, -0.15) is 0 Å². The zero-order valence-electron chi connectivity index (χ0n) is 16.3. The van der Waals surface area contributed by atoms with Gasteiger partial charge in [0.1, 0.15) is 5.52 Å². The Kier molecular flexibility index (Phi) is 3.70. The van der Waals surface area contributed by atoms with Crippen molar-refractivity contribution in [2.75, 3.05) is 0 Å². The van der Waals surface area contributed by atoms with Gasteiger partial charge in [0.05, 0.1) is 0 Å². The molecule has 1 heterocycles. The summed E-state index contributed by atoms with van der Waals surface area (Å²) in [5.41, 5.74) is 5.89. The van der Waals surface area contributed by atoms with E-state index in [0.717, 1.165) is 49.7 Å². The number of carbonyl (C=O) groups is 1. The number of fused-ring (bicyclic) bond motifs is 2. The van der Waals surface area contributed by atoms with Gasteiger partial charge >= 0.3 is 5.76 Å². The highest BCUT2D eigenvalue weighted by Gasteiger charge is 2.41. The van der Waals surface area contributed by atoms with Crippen molar-refractivity contribution >= 4 is 17.0 Å². The molecule has 0 unspecified atom stereocenters. The molecule has 3 aromatic rings. The number of carbonyl (C=O) groups excluding carboxylic acids is 1. The van der Waals surface area contributed by atoms with Crippen molar-refractivity contribution in [2.45, 2.75) is 38.5 Å². The fraction of sp³-hybridized carbons (Fsp3) is 0.360. The molecule has 6 aliphatic carbocycles. The molecule has 3 atom stereocenters. The number of hydrogen-bond donors (Lipinski definition) is 0. The van der Waals surface area contributed by atoms with E-state index in [9.17, 15) is 9.59 Å². The fourth-order valence-electron chi connectivity index (χ4n) is 5.50. The summed E-state index contributed by atoms with van der Waals surface area (Å²) < 4.78 is 7.09. The van der Waals surface area contributed by atoms with Gasteiger partial charge in [-0.3, -0.25) is 4.79 Å². The predicted molar refractivity (Wildman–Crippen MR) is 111 cm³/mol. The Labute approximate surface area is 168 Å². The van der Waals surface area contributed by atoms with E-state index in [1.807, 2.05) is 0 Å². The van der Waals surface area contributed by atoms with Crippen LogP contribution in [0.2, 0.25) is 0 Å². The molecule has 0 spiro atoms. The number of aryl methyl sites for hydroxylation is 4. The highest BCUT2D eigenvalue weighted by Crippen LogP contribution is 2.44. The summed E-state index contributed by atoms with van der Waals surface area (Å²) in [5.74, 6) is 0.0304. The topological polar surface area (TPSA) is 52.2 Å².